The second-order valence-corrected chi connectivity index (χ2v) is 8.27. The van der Waals surface area contributed by atoms with Gasteiger partial charge in [0.1, 0.15) is 0 Å². The third-order valence-corrected chi connectivity index (χ3v) is 6.39. The van der Waals surface area contributed by atoms with E-state index in [4.69, 9.17) is 11.6 Å². The van der Waals surface area contributed by atoms with Crippen LogP contribution >= 0.6 is 11.6 Å². The number of hydrogen-bond acceptors (Lipinski definition) is 4. The first kappa shape index (κ1) is 21.4. The molecule has 0 aliphatic carbocycles. The average Bonchev–Trinajstić information content (AvgIpc) is 2.56. The Morgan fingerprint density at radius 2 is 1.72 bits per heavy atom. The van der Waals surface area contributed by atoms with Gasteiger partial charge in [0.05, 0.1) is 16.9 Å². The third-order valence-electron chi connectivity index (χ3n) is 4.32. The van der Waals surface area contributed by atoms with Crippen molar-refractivity contribution < 1.29 is 23.1 Å². The molecule has 2 N–H and O–H groups in total. The molecule has 0 heterocycles. The molecule has 0 saturated heterocycles. The zero-order valence-electron chi connectivity index (χ0n) is 14.5. The summed E-state index contributed by atoms with van der Waals surface area (Å²) in [7, 11) is -2.55. The van der Waals surface area contributed by atoms with E-state index in [0.29, 0.717) is 17.9 Å². The van der Waals surface area contributed by atoms with Crippen LogP contribution in [0.4, 0.5) is 0 Å². The second-order valence-electron chi connectivity index (χ2n) is 5.78. The van der Waals surface area contributed by atoms with Gasteiger partial charge in [0.25, 0.3) is 0 Å². The lowest BCUT2D eigenvalue weighted by Gasteiger charge is -2.27. The lowest BCUT2D eigenvalue weighted by Crippen LogP contribution is -2.45. The lowest BCUT2D eigenvalue weighted by molar-refractivity contribution is -0.149. The molecule has 0 atom stereocenters. The third kappa shape index (κ3) is 5.17. The minimum absolute atomic E-state index is 0.0224. The molecule has 0 aromatic heterocycles. The number of amides is 1. The lowest BCUT2D eigenvalue weighted by atomic mass is 9.82. The van der Waals surface area contributed by atoms with Gasteiger partial charge in [-0.1, -0.05) is 25.4 Å². The van der Waals surface area contributed by atoms with Crippen LogP contribution in [-0.4, -0.2) is 49.8 Å². The molecule has 1 aromatic rings. The highest BCUT2D eigenvalue weighted by molar-refractivity contribution is 7.89. The second kappa shape index (κ2) is 8.64. The van der Waals surface area contributed by atoms with Gasteiger partial charge < -0.3 is 10.4 Å². The number of carbonyl (C=O) groups excluding carboxylic acids is 1. The quantitative estimate of drug-likeness (QED) is 0.670. The van der Waals surface area contributed by atoms with Gasteiger partial charge in [0.2, 0.25) is 15.9 Å². The summed E-state index contributed by atoms with van der Waals surface area (Å²) in [5, 5.41) is 12.3. The molecule has 25 heavy (non-hydrogen) atoms. The van der Waals surface area contributed by atoms with Gasteiger partial charge in [-0.3, -0.25) is 9.59 Å². The number of carbonyl (C=O) groups is 2. The normalized spacial score (nSPS) is 12.2. The van der Waals surface area contributed by atoms with Crippen LogP contribution in [0.2, 0.25) is 5.02 Å². The fraction of sp³-hybridized carbons (Fsp3) is 0.500. The molecule has 0 saturated carbocycles. The Kier molecular flexibility index (Phi) is 7.40. The summed E-state index contributed by atoms with van der Waals surface area (Å²) >= 11 is 5.74. The Morgan fingerprint density at radius 1 is 1.20 bits per heavy atom. The molecule has 1 aromatic carbocycles. The maximum absolute atomic E-state index is 12.4. The van der Waals surface area contributed by atoms with E-state index in [1.807, 2.05) is 0 Å². The van der Waals surface area contributed by atoms with Crippen LogP contribution in [0, 0.1) is 5.41 Å². The summed E-state index contributed by atoms with van der Waals surface area (Å²) in [6.45, 7) is 3.01. The standard InChI is InChI=1S/C16H23ClN2O5S/c1-4-16(5-2,15(21)22)11-18-14(20)10-19(3)25(23,24)13-8-6-12(17)7-9-13/h6-9H,4-5,10-11H2,1-3H3,(H,18,20)(H,21,22). The first-order valence-corrected chi connectivity index (χ1v) is 9.63. The van der Waals surface area contributed by atoms with Crippen molar-refractivity contribution in [2.75, 3.05) is 20.1 Å². The first-order valence-electron chi connectivity index (χ1n) is 7.81. The van der Waals surface area contributed by atoms with Gasteiger partial charge >= 0.3 is 5.97 Å². The number of nitrogens with one attached hydrogen (secondary N) is 1. The topological polar surface area (TPSA) is 104 Å². The fourth-order valence-corrected chi connectivity index (χ4v) is 3.53. The van der Waals surface area contributed by atoms with Crippen LogP contribution in [-0.2, 0) is 19.6 Å². The maximum atomic E-state index is 12.4. The molecule has 140 valence electrons. The van der Waals surface area contributed by atoms with E-state index in [2.05, 4.69) is 5.32 Å². The number of carboxylic acid groups (broad SMARTS) is 1. The van der Waals surface area contributed by atoms with Crippen molar-refractivity contribution in [3.05, 3.63) is 29.3 Å². The monoisotopic (exact) mass is 390 g/mol. The molecule has 0 bridgehead atoms. The smallest absolute Gasteiger partial charge is 0.311 e. The number of nitrogens with zero attached hydrogens (tertiary/aromatic N) is 1. The Labute approximate surface area is 153 Å². The summed E-state index contributed by atoms with van der Waals surface area (Å²) in [6.07, 6.45) is 0.718. The van der Waals surface area contributed by atoms with E-state index in [9.17, 15) is 23.1 Å². The minimum atomic E-state index is -3.83. The number of benzene rings is 1. The van der Waals surface area contributed by atoms with Gasteiger partial charge in [-0.15, -0.1) is 0 Å². The predicted molar refractivity (Wildman–Crippen MR) is 94.9 cm³/mol. The molecular formula is C16H23ClN2O5S. The van der Waals surface area contributed by atoms with Gasteiger partial charge in [-0.2, -0.15) is 4.31 Å². The van der Waals surface area contributed by atoms with E-state index in [-0.39, 0.29) is 11.4 Å². The highest BCUT2D eigenvalue weighted by Crippen LogP contribution is 2.25. The van der Waals surface area contributed by atoms with Crippen LogP contribution in [0.5, 0.6) is 0 Å². The molecule has 0 unspecified atom stereocenters. The van der Waals surface area contributed by atoms with Gasteiger partial charge in [0.15, 0.2) is 0 Å². The van der Waals surface area contributed by atoms with Crippen LogP contribution in [0.25, 0.3) is 0 Å². The summed E-state index contributed by atoms with van der Waals surface area (Å²) in [5.41, 5.74) is -1.05. The molecule has 0 aliphatic rings. The van der Waals surface area contributed by atoms with Crippen LogP contribution < -0.4 is 5.32 Å². The van der Waals surface area contributed by atoms with Crippen molar-refractivity contribution in [2.45, 2.75) is 31.6 Å². The Morgan fingerprint density at radius 3 is 2.16 bits per heavy atom. The molecule has 0 spiro atoms. The summed E-state index contributed by atoms with van der Waals surface area (Å²) < 4.78 is 25.7. The van der Waals surface area contributed by atoms with Crippen molar-refractivity contribution in [3.8, 4) is 0 Å². The van der Waals surface area contributed by atoms with E-state index >= 15 is 0 Å². The van der Waals surface area contributed by atoms with Gasteiger partial charge in [-0.05, 0) is 37.1 Å². The van der Waals surface area contributed by atoms with Crippen molar-refractivity contribution in [1.29, 1.82) is 0 Å². The number of likely N-dealkylation sites (N-methyl/N-ethyl adjacent to an activating group) is 1. The van der Waals surface area contributed by atoms with Crippen LogP contribution in [0.3, 0.4) is 0 Å². The van der Waals surface area contributed by atoms with Crippen molar-refractivity contribution >= 4 is 33.5 Å². The SMILES string of the molecule is CCC(CC)(CNC(=O)CN(C)S(=O)(=O)c1ccc(Cl)cc1)C(=O)O. The molecule has 1 amide bonds. The highest BCUT2D eigenvalue weighted by Gasteiger charge is 2.35. The largest absolute Gasteiger partial charge is 0.481 e. The van der Waals surface area contributed by atoms with Gasteiger partial charge in [-0.25, -0.2) is 8.42 Å². The zero-order chi connectivity index (χ0) is 19.3. The summed E-state index contributed by atoms with van der Waals surface area (Å²) in [4.78, 5) is 23.5. The zero-order valence-corrected chi connectivity index (χ0v) is 16.0. The van der Waals surface area contributed by atoms with E-state index in [0.717, 1.165) is 4.31 Å². The van der Waals surface area contributed by atoms with Gasteiger partial charge in [0, 0.05) is 18.6 Å². The number of rotatable bonds is 9. The Hall–Kier alpha value is -1.64. The maximum Gasteiger partial charge on any atom is 0.311 e. The Balaban J connectivity index is 2.76. The van der Waals surface area contributed by atoms with Crippen molar-refractivity contribution in [1.82, 2.24) is 9.62 Å². The molecule has 1 rings (SSSR count). The minimum Gasteiger partial charge on any atom is -0.481 e. The molecule has 9 heteroatoms. The molecule has 0 aliphatic heterocycles. The van der Waals surface area contributed by atoms with Crippen molar-refractivity contribution in [2.24, 2.45) is 5.41 Å². The number of sulfonamides is 1. The average molecular weight is 391 g/mol. The number of aliphatic carboxylic acids is 1. The summed E-state index contributed by atoms with van der Waals surface area (Å²) in [6, 6.07) is 5.61. The molecule has 0 fully saturated rings. The first-order chi connectivity index (χ1) is 11.6. The Bertz CT molecular complexity index is 715. The van der Waals surface area contributed by atoms with E-state index in [1.54, 1.807) is 13.8 Å². The number of hydrogen-bond donors (Lipinski definition) is 2. The molecule has 7 nitrogen and oxygen atoms in total. The summed E-state index contributed by atoms with van der Waals surface area (Å²) in [5.74, 6) is -1.55. The van der Waals surface area contributed by atoms with E-state index in [1.165, 1.54) is 31.3 Å². The van der Waals surface area contributed by atoms with Crippen LogP contribution in [0.1, 0.15) is 26.7 Å². The highest BCUT2D eigenvalue weighted by atomic mass is 35.5. The molecule has 0 radical (unpaired) electrons. The number of halogens is 1. The fourth-order valence-electron chi connectivity index (χ4n) is 2.28. The van der Waals surface area contributed by atoms with Crippen LogP contribution in [0.15, 0.2) is 29.2 Å². The van der Waals surface area contributed by atoms with E-state index < -0.39 is 33.9 Å². The predicted octanol–water partition coefficient (Wildman–Crippen LogP) is 1.97. The van der Waals surface area contributed by atoms with Crippen molar-refractivity contribution in [3.63, 3.8) is 0 Å². The molecular weight excluding hydrogens is 368 g/mol. The number of carboxylic acids is 1.